The smallest absolute Gasteiger partial charge is 0.166 e. The number of piperidine rings is 1. The summed E-state index contributed by atoms with van der Waals surface area (Å²) in [5.74, 6) is -0.0637. The molecule has 0 radical (unpaired) electrons. The summed E-state index contributed by atoms with van der Waals surface area (Å²) in [6.07, 6.45) is 2.79. The highest BCUT2D eigenvalue weighted by Gasteiger charge is 2.25. The fourth-order valence-corrected chi connectivity index (χ4v) is 2.58. The first-order valence-corrected chi connectivity index (χ1v) is 6.93. The van der Waals surface area contributed by atoms with Crippen molar-refractivity contribution in [3.8, 4) is 0 Å². The molecule has 0 unspecified atom stereocenters. The predicted molar refractivity (Wildman–Crippen MR) is 73.6 cm³/mol. The lowest BCUT2D eigenvalue weighted by Gasteiger charge is -2.31. The minimum atomic E-state index is -0.298. The SMILES string of the molecule is NCCCN1CCC(C(=O)c2ccc(F)cc2)CC1. The quantitative estimate of drug-likeness (QED) is 0.828. The average molecular weight is 264 g/mol. The van der Waals surface area contributed by atoms with E-state index in [1.165, 1.54) is 12.1 Å². The van der Waals surface area contributed by atoms with E-state index in [1.54, 1.807) is 12.1 Å². The molecule has 2 N–H and O–H groups in total. The van der Waals surface area contributed by atoms with Gasteiger partial charge in [0.05, 0.1) is 0 Å². The average Bonchev–Trinajstić information content (AvgIpc) is 2.46. The monoisotopic (exact) mass is 264 g/mol. The number of halogens is 1. The Hall–Kier alpha value is -1.26. The van der Waals surface area contributed by atoms with Crippen LogP contribution < -0.4 is 5.73 Å². The number of hydrogen-bond donors (Lipinski definition) is 1. The van der Waals surface area contributed by atoms with Crippen molar-refractivity contribution in [2.45, 2.75) is 19.3 Å². The van der Waals surface area contributed by atoms with Gasteiger partial charge in [0.1, 0.15) is 5.82 Å². The maximum atomic E-state index is 12.8. The zero-order chi connectivity index (χ0) is 13.7. The highest BCUT2D eigenvalue weighted by molar-refractivity contribution is 5.97. The van der Waals surface area contributed by atoms with E-state index in [2.05, 4.69) is 4.90 Å². The summed E-state index contributed by atoms with van der Waals surface area (Å²) < 4.78 is 12.8. The summed E-state index contributed by atoms with van der Waals surface area (Å²) >= 11 is 0. The third kappa shape index (κ3) is 3.85. The molecule has 104 valence electrons. The van der Waals surface area contributed by atoms with E-state index in [1.807, 2.05) is 0 Å². The van der Waals surface area contributed by atoms with Crippen molar-refractivity contribution in [3.63, 3.8) is 0 Å². The molecule has 0 saturated carbocycles. The Labute approximate surface area is 113 Å². The van der Waals surface area contributed by atoms with E-state index in [4.69, 9.17) is 5.73 Å². The third-order valence-electron chi connectivity index (χ3n) is 3.77. The Morgan fingerprint density at radius 2 is 1.89 bits per heavy atom. The molecule has 0 spiro atoms. The molecule has 1 aliphatic rings. The zero-order valence-corrected chi connectivity index (χ0v) is 11.1. The first kappa shape index (κ1) is 14.2. The fourth-order valence-electron chi connectivity index (χ4n) is 2.58. The summed E-state index contributed by atoms with van der Waals surface area (Å²) in [7, 11) is 0. The maximum Gasteiger partial charge on any atom is 0.166 e. The number of ketones is 1. The summed E-state index contributed by atoms with van der Waals surface area (Å²) in [5, 5.41) is 0. The van der Waals surface area contributed by atoms with Gasteiger partial charge in [0.25, 0.3) is 0 Å². The minimum absolute atomic E-state index is 0.0830. The number of hydrogen-bond acceptors (Lipinski definition) is 3. The molecular formula is C15H21FN2O. The van der Waals surface area contributed by atoms with Gasteiger partial charge in [0, 0.05) is 11.5 Å². The lowest BCUT2D eigenvalue weighted by Crippen LogP contribution is -2.37. The van der Waals surface area contributed by atoms with Crippen LogP contribution in [0.1, 0.15) is 29.6 Å². The third-order valence-corrected chi connectivity index (χ3v) is 3.77. The number of benzene rings is 1. The predicted octanol–water partition coefficient (Wildman–Crippen LogP) is 2.07. The highest BCUT2D eigenvalue weighted by atomic mass is 19.1. The summed E-state index contributed by atoms with van der Waals surface area (Å²) in [6, 6.07) is 5.87. The van der Waals surface area contributed by atoms with Gasteiger partial charge in [-0.15, -0.1) is 0 Å². The lowest BCUT2D eigenvalue weighted by atomic mass is 9.89. The molecular weight excluding hydrogens is 243 g/mol. The van der Waals surface area contributed by atoms with Crippen LogP contribution in [0, 0.1) is 11.7 Å². The molecule has 1 saturated heterocycles. The van der Waals surface area contributed by atoms with Gasteiger partial charge in [-0.25, -0.2) is 4.39 Å². The highest BCUT2D eigenvalue weighted by Crippen LogP contribution is 2.22. The van der Waals surface area contributed by atoms with Gasteiger partial charge >= 0.3 is 0 Å². The Morgan fingerprint density at radius 1 is 1.26 bits per heavy atom. The normalized spacial score (nSPS) is 17.6. The number of carbonyl (C=O) groups is 1. The molecule has 1 fully saturated rings. The Kier molecular flexibility index (Phi) is 5.05. The fraction of sp³-hybridized carbons (Fsp3) is 0.533. The van der Waals surface area contributed by atoms with Gasteiger partial charge in [-0.1, -0.05) is 0 Å². The zero-order valence-electron chi connectivity index (χ0n) is 11.1. The van der Waals surface area contributed by atoms with Crippen LogP contribution in [0.5, 0.6) is 0 Å². The first-order chi connectivity index (χ1) is 9.20. The number of Topliss-reactive ketones (excluding diaryl/α,β-unsaturated/α-hetero) is 1. The van der Waals surface area contributed by atoms with Crippen LogP contribution in [0.25, 0.3) is 0 Å². The van der Waals surface area contributed by atoms with E-state index >= 15 is 0 Å². The molecule has 1 aromatic rings. The van der Waals surface area contributed by atoms with Crippen molar-refractivity contribution >= 4 is 5.78 Å². The van der Waals surface area contributed by atoms with Gasteiger partial charge in [-0.2, -0.15) is 0 Å². The van der Waals surface area contributed by atoms with Crippen LogP contribution in [-0.4, -0.2) is 36.9 Å². The number of nitrogens with zero attached hydrogens (tertiary/aromatic N) is 1. The molecule has 0 amide bonds. The summed E-state index contributed by atoms with van der Waals surface area (Å²) in [4.78, 5) is 14.6. The molecule has 1 aromatic carbocycles. The lowest BCUT2D eigenvalue weighted by molar-refractivity contribution is 0.0840. The number of nitrogens with two attached hydrogens (primary N) is 1. The number of likely N-dealkylation sites (tertiary alicyclic amines) is 1. The molecule has 1 heterocycles. The van der Waals surface area contributed by atoms with E-state index < -0.39 is 0 Å². The van der Waals surface area contributed by atoms with Crippen LogP contribution in [0.2, 0.25) is 0 Å². The van der Waals surface area contributed by atoms with Gasteiger partial charge in [-0.05, 0) is 69.7 Å². The standard InChI is InChI=1S/C15H21FN2O/c16-14-4-2-12(3-5-14)15(19)13-6-10-18(11-7-13)9-1-8-17/h2-5,13H,1,6-11,17H2. The topological polar surface area (TPSA) is 46.3 Å². The Bertz CT molecular complexity index is 411. The van der Waals surface area contributed by atoms with Crippen molar-refractivity contribution in [1.82, 2.24) is 4.90 Å². The van der Waals surface area contributed by atoms with Gasteiger partial charge in [0.2, 0.25) is 0 Å². The van der Waals surface area contributed by atoms with Crippen LogP contribution in [0.4, 0.5) is 4.39 Å². The summed E-state index contributed by atoms with van der Waals surface area (Å²) in [6.45, 7) is 3.65. The molecule has 4 heteroatoms. The van der Waals surface area contributed by atoms with Crippen LogP contribution in [0.3, 0.4) is 0 Å². The molecule has 0 atom stereocenters. The van der Waals surface area contributed by atoms with Crippen molar-refractivity contribution < 1.29 is 9.18 Å². The first-order valence-electron chi connectivity index (χ1n) is 6.93. The van der Waals surface area contributed by atoms with Gasteiger partial charge in [-0.3, -0.25) is 4.79 Å². The van der Waals surface area contributed by atoms with Gasteiger partial charge < -0.3 is 10.6 Å². The van der Waals surface area contributed by atoms with E-state index in [0.717, 1.165) is 38.9 Å². The number of carbonyl (C=O) groups excluding carboxylic acids is 1. The molecule has 19 heavy (non-hydrogen) atoms. The largest absolute Gasteiger partial charge is 0.330 e. The molecule has 2 rings (SSSR count). The van der Waals surface area contributed by atoms with Crippen LogP contribution >= 0.6 is 0 Å². The second kappa shape index (κ2) is 6.78. The van der Waals surface area contributed by atoms with E-state index in [-0.39, 0.29) is 17.5 Å². The van der Waals surface area contributed by atoms with Crippen molar-refractivity contribution in [1.29, 1.82) is 0 Å². The van der Waals surface area contributed by atoms with E-state index in [9.17, 15) is 9.18 Å². The number of rotatable bonds is 5. The Morgan fingerprint density at radius 3 is 2.47 bits per heavy atom. The summed E-state index contributed by atoms with van der Waals surface area (Å²) in [5.41, 5.74) is 6.12. The second-order valence-electron chi connectivity index (χ2n) is 5.13. The van der Waals surface area contributed by atoms with E-state index in [0.29, 0.717) is 12.1 Å². The van der Waals surface area contributed by atoms with Crippen molar-refractivity contribution in [2.24, 2.45) is 11.7 Å². The molecule has 1 aliphatic heterocycles. The Balaban J connectivity index is 1.87. The second-order valence-corrected chi connectivity index (χ2v) is 5.13. The van der Waals surface area contributed by atoms with Crippen LogP contribution in [-0.2, 0) is 0 Å². The maximum absolute atomic E-state index is 12.8. The van der Waals surface area contributed by atoms with Crippen molar-refractivity contribution in [2.75, 3.05) is 26.2 Å². The van der Waals surface area contributed by atoms with Gasteiger partial charge in [0.15, 0.2) is 5.78 Å². The molecule has 0 bridgehead atoms. The minimum Gasteiger partial charge on any atom is -0.330 e. The molecule has 3 nitrogen and oxygen atoms in total. The van der Waals surface area contributed by atoms with Crippen LogP contribution in [0.15, 0.2) is 24.3 Å². The molecule has 0 aliphatic carbocycles. The van der Waals surface area contributed by atoms with Crippen molar-refractivity contribution in [3.05, 3.63) is 35.6 Å². The molecule has 0 aromatic heterocycles.